The fourth-order valence-electron chi connectivity index (χ4n) is 2.06. The van der Waals surface area contributed by atoms with Crippen molar-refractivity contribution in [2.75, 3.05) is 13.1 Å². The molecule has 1 aliphatic rings. The molecule has 15 heavy (non-hydrogen) atoms. The number of rotatable bonds is 2. The highest BCUT2D eigenvalue weighted by Crippen LogP contribution is 2.25. The second-order valence-corrected chi connectivity index (χ2v) is 4.42. The van der Waals surface area contributed by atoms with Gasteiger partial charge in [0, 0.05) is 0 Å². The third-order valence-corrected chi connectivity index (χ3v) is 3.25. The molecule has 1 rings (SSSR count). The molecule has 1 fully saturated rings. The highest BCUT2D eigenvalue weighted by molar-refractivity contribution is 4.90. The van der Waals surface area contributed by atoms with Crippen LogP contribution >= 0.6 is 0 Å². The number of hydrogen-bond donors (Lipinski definition) is 0. The number of likely N-dealkylation sites (tertiary alicyclic amines) is 1. The number of piperidine rings is 1. The molecule has 0 aliphatic carbocycles. The van der Waals surface area contributed by atoms with Gasteiger partial charge in [-0.25, -0.2) is 0 Å². The zero-order valence-corrected chi connectivity index (χ0v) is 11.0. The molecule has 0 bridgehead atoms. The molecule has 1 unspecified atom stereocenters. The second kappa shape index (κ2) is 7.70. The summed E-state index contributed by atoms with van der Waals surface area (Å²) in [6, 6.07) is 2.41. The first-order valence-electron chi connectivity index (χ1n) is 6.28. The summed E-state index contributed by atoms with van der Waals surface area (Å²) in [4.78, 5) is 2.29. The zero-order chi connectivity index (χ0) is 11.8. The quantitative estimate of drug-likeness (QED) is 0.699. The van der Waals surface area contributed by atoms with Gasteiger partial charge in [-0.3, -0.25) is 4.90 Å². The van der Waals surface area contributed by atoms with Gasteiger partial charge in [0.15, 0.2) is 0 Å². The molecule has 1 atom stereocenters. The highest BCUT2D eigenvalue weighted by Gasteiger charge is 2.23. The van der Waals surface area contributed by atoms with Crippen LogP contribution in [0, 0.1) is 23.2 Å². The average Bonchev–Trinajstić information content (AvgIpc) is 2.31. The van der Waals surface area contributed by atoms with Gasteiger partial charge in [0.05, 0.1) is 12.1 Å². The van der Waals surface area contributed by atoms with E-state index in [4.69, 9.17) is 5.26 Å². The molecule has 0 radical (unpaired) electrons. The van der Waals surface area contributed by atoms with Crippen LogP contribution in [0.25, 0.3) is 0 Å². The summed E-state index contributed by atoms with van der Waals surface area (Å²) in [7, 11) is 0. The molecule has 1 heterocycles. The molecule has 0 amide bonds. The third-order valence-electron chi connectivity index (χ3n) is 3.25. The van der Waals surface area contributed by atoms with Gasteiger partial charge in [-0.2, -0.15) is 5.26 Å². The van der Waals surface area contributed by atoms with E-state index in [0.29, 0.717) is 0 Å². The molecule has 0 saturated carbocycles. The summed E-state index contributed by atoms with van der Waals surface area (Å²) >= 11 is 0. The van der Waals surface area contributed by atoms with E-state index < -0.39 is 0 Å². The minimum atomic E-state index is 0.105. The average molecular weight is 210 g/mol. The Labute approximate surface area is 95.3 Å². The topological polar surface area (TPSA) is 27.0 Å². The maximum atomic E-state index is 8.77. The lowest BCUT2D eigenvalue weighted by Crippen LogP contribution is -2.40. The summed E-state index contributed by atoms with van der Waals surface area (Å²) in [5.74, 6) is 1.68. The highest BCUT2D eigenvalue weighted by atomic mass is 15.2. The zero-order valence-electron chi connectivity index (χ0n) is 11.0. The monoisotopic (exact) mass is 210 g/mol. The summed E-state index contributed by atoms with van der Waals surface area (Å²) in [5, 5.41) is 8.77. The molecule has 0 aromatic rings. The van der Waals surface area contributed by atoms with Crippen molar-refractivity contribution in [3.05, 3.63) is 0 Å². The van der Waals surface area contributed by atoms with Gasteiger partial charge in [0.2, 0.25) is 0 Å². The minimum absolute atomic E-state index is 0.105. The van der Waals surface area contributed by atoms with Gasteiger partial charge in [0.1, 0.15) is 0 Å². The second-order valence-electron chi connectivity index (χ2n) is 4.42. The summed E-state index contributed by atoms with van der Waals surface area (Å²) in [6.45, 7) is 12.8. The van der Waals surface area contributed by atoms with Gasteiger partial charge in [-0.1, -0.05) is 27.7 Å². The molecule has 88 valence electrons. The SMILES string of the molecule is CC.CC(C)C1CCN(C(C)C#N)CC1. The van der Waals surface area contributed by atoms with Gasteiger partial charge >= 0.3 is 0 Å². The van der Waals surface area contributed by atoms with Crippen molar-refractivity contribution < 1.29 is 0 Å². The minimum Gasteiger partial charge on any atom is -0.288 e. The first kappa shape index (κ1) is 14.5. The predicted molar refractivity (Wildman–Crippen MR) is 65.6 cm³/mol. The van der Waals surface area contributed by atoms with Gasteiger partial charge < -0.3 is 0 Å². The molecule has 0 aromatic heterocycles. The van der Waals surface area contributed by atoms with E-state index in [2.05, 4.69) is 24.8 Å². The molecule has 2 heteroatoms. The van der Waals surface area contributed by atoms with Crippen molar-refractivity contribution >= 4 is 0 Å². The van der Waals surface area contributed by atoms with Crippen LogP contribution in [0.4, 0.5) is 0 Å². The van der Waals surface area contributed by atoms with Crippen molar-refractivity contribution in [3.8, 4) is 6.07 Å². The lowest BCUT2D eigenvalue weighted by atomic mass is 9.86. The Kier molecular flexibility index (Phi) is 7.42. The number of hydrogen-bond acceptors (Lipinski definition) is 2. The molecule has 2 nitrogen and oxygen atoms in total. The summed E-state index contributed by atoms with van der Waals surface area (Å²) in [6.07, 6.45) is 2.54. The van der Waals surface area contributed by atoms with Crippen molar-refractivity contribution in [1.82, 2.24) is 4.90 Å². The van der Waals surface area contributed by atoms with E-state index in [1.165, 1.54) is 12.8 Å². The van der Waals surface area contributed by atoms with E-state index in [0.717, 1.165) is 24.9 Å². The first-order valence-corrected chi connectivity index (χ1v) is 6.28. The Morgan fingerprint density at radius 1 is 1.13 bits per heavy atom. The van der Waals surface area contributed by atoms with Gasteiger partial charge in [0.25, 0.3) is 0 Å². The van der Waals surface area contributed by atoms with Crippen LogP contribution in [-0.4, -0.2) is 24.0 Å². The Balaban J connectivity index is 0.000000921. The van der Waals surface area contributed by atoms with E-state index in [1.807, 2.05) is 20.8 Å². The molecule has 0 spiro atoms. The fraction of sp³-hybridized carbons (Fsp3) is 0.923. The van der Waals surface area contributed by atoms with E-state index in [-0.39, 0.29) is 6.04 Å². The smallest absolute Gasteiger partial charge is 0.0949 e. The van der Waals surface area contributed by atoms with E-state index in [9.17, 15) is 0 Å². The molecule has 1 aliphatic heterocycles. The molecule has 1 saturated heterocycles. The predicted octanol–water partition coefficient (Wildman–Crippen LogP) is 3.29. The maximum Gasteiger partial charge on any atom is 0.0949 e. The fourth-order valence-corrected chi connectivity index (χ4v) is 2.06. The van der Waals surface area contributed by atoms with Crippen molar-refractivity contribution in [3.63, 3.8) is 0 Å². The Morgan fingerprint density at radius 3 is 1.93 bits per heavy atom. The van der Waals surface area contributed by atoms with Gasteiger partial charge in [-0.15, -0.1) is 0 Å². The van der Waals surface area contributed by atoms with E-state index in [1.54, 1.807) is 0 Å². The van der Waals surface area contributed by atoms with Crippen LogP contribution in [-0.2, 0) is 0 Å². The normalized spacial score (nSPS) is 20.3. The Hall–Kier alpha value is -0.550. The summed E-state index contributed by atoms with van der Waals surface area (Å²) in [5.41, 5.74) is 0. The molecule has 0 N–H and O–H groups in total. The standard InChI is InChI=1S/C11H20N2.C2H6/c1-9(2)11-4-6-13(7-5-11)10(3)8-12;1-2/h9-11H,4-7H2,1-3H3;1-2H3. The molecular formula is C13H26N2. The largest absolute Gasteiger partial charge is 0.288 e. The van der Waals surface area contributed by atoms with Crippen molar-refractivity contribution in [2.45, 2.75) is 53.5 Å². The van der Waals surface area contributed by atoms with Crippen molar-refractivity contribution in [1.29, 1.82) is 5.26 Å². The number of nitrogens with zero attached hydrogens (tertiary/aromatic N) is 2. The third kappa shape index (κ3) is 4.66. The van der Waals surface area contributed by atoms with Crippen LogP contribution in [0.5, 0.6) is 0 Å². The molecule has 0 aromatic carbocycles. The van der Waals surface area contributed by atoms with Crippen molar-refractivity contribution in [2.24, 2.45) is 11.8 Å². The maximum absolute atomic E-state index is 8.77. The first-order chi connectivity index (χ1) is 7.15. The lowest BCUT2D eigenvalue weighted by molar-refractivity contribution is 0.142. The summed E-state index contributed by atoms with van der Waals surface area (Å²) < 4.78 is 0. The van der Waals surface area contributed by atoms with E-state index >= 15 is 0 Å². The Bertz CT molecular complexity index is 185. The van der Waals surface area contributed by atoms with Crippen LogP contribution in [0.1, 0.15) is 47.5 Å². The lowest BCUT2D eigenvalue weighted by Gasteiger charge is -2.35. The number of nitriles is 1. The van der Waals surface area contributed by atoms with Crippen LogP contribution < -0.4 is 0 Å². The Morgan fingerprint density at radius 2 is 1.60 bits per heavy atom. The van der Waals surface area contributed by atoms with Gasteiger partial charge in [-0.05, 0) is 44.7 Å². The molecular weight excluding hydrogens is 184 g/mol. The van der Waals surface area contributed by atoms with Crippen LogP contribution in [0.3, 0.4) is 0 Å². The van der Waals surface area contributed by atoms with Crippen LogP contribution in [0.2, 0.25) is 0 Å². The van der Waals surface area contributed by atoms with Crippen LogP contribution in [0.15, 0.2) is 0 Å².